The Kier molecular flexibility index (Phi) is 5.72. The predicted octanol–water partition coefficient (Wildman–Crippen LogP) is 0.119. The second-order valence-corrected chi connectivity index (χ2v) is 4.03. The Bertz CT molecular complexity index is 181. The van der Waals surface area contributed by atoms with Crippen LogP contribution < -0.4 is 10.6 Å². The topological polar surface area (TPSA) is 61.4 Å². The van der Waals surface area contributed by atoms with E-state index < -0.39 is 5.60 Å². The number of rotatable bonds is 6. The van der Waals surface area contributed by atoms with Gasteiger partial charge in [-0.3, -0.25) is 4.79 Å². The van der Waals surface area contributed by atoms with Crippen molar-refractivity contribution in [1.29, 1.82) is 0 Å². The molecule has 2 atom stereocenters. The minimum atomic E-state index is -0.797. The van der Waals surface area contributed by atoms with E-state index in [2.05, 4.69) is 10.6 Å². The molecule has 0 bridgehead atoms. The average molecular weight is 202 g/mol. The summed E-state index contributed by atoms with van der Waals surface area (Å²) in [4.78, 5) is 11.4. The Morgan fingerprint density at radius 2 is 2.14 bits per heavy atom. The Balaban J connectivity index is 3.84. The summed E-state index contributed by atoms with van der Waals surface area (Å²) in [5, 5.41) is 15.3. The summed E-state index contributed by atoms with van der Waals surface area (Å²) in [7, 11) is 1.81. The molecule has 0 saturated heterocycles. The first-order chi connectivity index (χ1) is 6.43. The molecule has 0 aliphatic rings. The molecule has 4 heteroatoms. The minimum absolute atomic E-state index is 0.0203. The quantitative estimate of drug-likeness (QED) is 0.573. The van der Waals surface area contributed by atoms with E-state index in [1.807, 2.05) is 20.9 Å². The third-order valence-electron chi connectivity index (χ3n) is 2.36. The van der Waals surface area contributed by atoms with Crippen LogP contribution >= 0.6 is 0 Å². The molecule has 14 heavy (non-hydrogen) atoms. The van der Waals surface area contributed by atoms with Gasteiger partial charge < -0.3 is 15.7 Å². The maximum atomic E-state index is 11.4. The highest BCUT2D eigenvalue weighted by Crippen LogP contribution is 2.06. The van der Waals surface area contributed by atoms with Gasteiger partial charge in [0.25, 0.3) is 0 Å². The molecule has 0 aromatic carbocycles. The fourth-order valence-electron chi connectivity index (χ4n) is 0.976. The lowest BCUT2D eigenvalue weighted by atomic mass is 10.0. The van der Waals surface area contributed by atoms with Crippen LogP contribution in [0.1, 0.15) is 27.2 Å². The first-order valence-electron chi connectivity index (χ1n) is 5.07. The van der Waals surface area contributed by atoms with Crippen LogP contribution in [0.25, 0.3) is 0 Å². The van der Waals surface area contributed by atoms with Crippen LogP contribution in [0.4, 0.5) is 0 Å². The van der Waals surface area contributed by atoms with Crippen molar-refractivity contribution in [2.24, 2.45) is 5.92 Å². The number of amides is 1. The van der Waals surface area contributed by atoms with Gasteiger partial charge in [0.05, 0.1) is 5.60 Å². The molecule has 4 nitrogen and oxygen atoms in total. The van der Waals surface area contributed by atoms with Crippen molar-refractivity contribution in [2.75, 3.05) is 20.1 Å². The molecule has 0 aliphatic heterocycles. The van der Waals surface area contributed by atoms with Gasteiger partial charge in [0, 0.05) is 19.0 Å². The van der Waals surface area contributed by atoms with Crippen LogP contribution in [0, 0.1) is 5.92 Å². The van der Waals surface area contributed by atoms with Crippen molar-refractivity contribution in [3.63, 3.8) is 0 Å². The molecule has 0 heterocycles. The third kappa shape index (κ3) is 5.19. The zero-order chi connectivity index (χ0) is 11.2. The van der Waals surface area contributed by atoms with Gasteiger partial charge in [-0.1, -0.05) is 13.8 Å². The minimum Gasteiger partial charge on any atom is -0.388 e. The summed E-state index contributed by atoms with van der Waals surface area (Å²) >= 11 is 0. The number of hydrogen-bond donors (Lipinski definition) is 3. The highest BCUT2D eigenvalue weighted by Gasteiger charge is 2.20. The van der Waals surface area contributed by atoms with E-state index in [4.69, 9.17) is 0 Å². The molecule has 0 fully saturated rings. The first-order valence-corrected chi connectivity index (χ1v) is 5.07. The Morgan fingerprint density at radius 1 is 1.57 bits per heavy atom. The van der Waals surface area contributed by atoms with Crippen molar-refractivity contribution in [3.05, 3.63) is 0 Å². The average Bonchev–Trinajstić information content (AvgIpc) is 2.15. The Labute approximate surface area is 86.1 Å². The number of hydrogen-bond acceptors (Lipinski definition) is 3. The lowest BCUT2D eigenvalue weighted by Gasteiger charge is -2.22. The monoisotopic (exact) mass is 202 g/mol. The predicted molar refractivity (Wildman–Crippen MR) is 57.0 cm³/mol. The zero-order valence-corrected chi connectivity index (χ0v) is 9.55. The molecule has 0 spiro atoms. The highest BCUT2D eigenvalue weighted by atomic mass is 16.3. The number of carbonyl (C=O) groups is 1. The summed E-state index contributed by atoms with van der Waals surface area (Å²) in [5.74, 6) is -0.0827. The molecular formula is C10H22N2O2. The first kappa shape index (κ1) is 13.4. The summed E-state index contributed by atoms with van der Waals surface area (Å²) < 4.78 is 0. The summed E-state index contributed by atoms with van der Waals surface area (Å²) in [6.45, 7) is 6.43. The molecule has 2 unspecified atom stereocenters. The van der Waals surface area contributed by atoms with Crippen LogP contribution in [-0.4, -0.2) is 36.8 Å². The van der Waals surface area contributed by atoms with E-state index >= 15 is 0 Å². The van der Waals surface area contributed by atoms with Crippen molar-refractivity contribution >= 4 is 5.91 Å². The molecule has 1 amide bonds. The van der Waals surface area contributed by atoms with Crippen molar-refractivity contribution < 1.29 is 9.90 Å². The Hall–Kier alpha value is -0.610. The maximum Gasteiger partial charge on any atom is 0.224 e. The molecule has 0 aromatic heterocycles. The van der Waals surface area contributed by atoms with E-state index in [1.54, 1.807) is 6.92 Å². The van der Waals surface area contributed by atoms with Crippen molar-refractivity contribution in [3.8, 4) is 0 Å². The van der Waals surface area contributed by atoms with E-state index in [0.29, 0.717) is 19.5 Å². The highest BCUT2D eigenvalue weighted by molar-refractivity contribution is 5.78. The number of nitrogens with one attached hydrogen (secondary N) is 2. The molecule has 0 aromatic rings. The van der Waals surface area contributed by atoms with Crippen LogP contribution in [-0.2, 0) is 4.79 Å². The van der Waals surface area contributed by atoms with Crippen LogP contribution in [0.2, 0.25) is 0 Å². The largest absolute Gasteiger partial charge is 0.388 e. The molecule has 84 valence electrons. The van der Waals surface area contributed by atoms with Crippen molar-refractivity contribution in [2.45, 2.75) is 32.8 Å². The van der Waals surface area contributed by atoms with Crippen LogP contribution in [0.5, 0.6) is 0 Å². The molecule has 3 N–H and O–H groups in total. The van der Waals surface area contributed by atoms with Gasteiger partial charge in [-0.15, -0.1) is 0 Å². The molecule has 0 rings (SSSR count). The SMILES string of the molecule is CCC(C)(O)CNC(=O)C(C)CNC. The van der Waals surface area contributed by atoms with Crippen molar-refractivity contribution in [1.82, 2.24) is 10.6 Å². The smallest absolute Gasteiger partial charge is 0.224 e. The lowest BCUT2D eigenvalue weighted by molar-refractivity contribution is -0.125. The molecular weight excluding hydrogens is 180 g/mol. The second-order valence-electron chi connectivity index (χ2n) is 4.03. The fraction of sp³-hybridized carbons (Fsp3) is 0.900. The number of carbonyl (C=O) groups excluding carboxylic acids is 1. The molecule has 0 aliphatic carbocycles. The standard InChI is InChI=1S/C10H22N2O2/c1-5-10(3,14)7-12-9(13)8(2)6-11-4/h8,11,14H,5-7H2,1-4H3,(H,12,13). The van der Waals surface area contributed by atoms with Gasteiger partial charge in [0.1, 0.15) is 0 Å². The van der Waals surface area contributed by atoms with E-state index in [0.717, 1.165) is 0 Å². The van der Waals surface area contributed by atoms with Gasteiger partial charge in [0.15, 0.2) is 0 Å². The normalized spacial score (nSPS) is 17.2. The fourth-order valence-corrected chi connectivity index (χ4v) is 0.976. The van der Waals surface area contributed by atoms with Gasteiger partial charge in [0.2, 0.25) is 5.91 Å². The van der Waals surface area contributed by atoms with Crippen LogP contribution in [0.15, 0.2) is 0 Å². The van der Waals surface area contributed by atoms with E-state index in [9.17, 15) is 9.90 Å². The van der Waals surface area contributed by atoms with Gasteiger partial charge in [-0.2, -0.15) is 0 Å². The maximum absolute atomic E-state index is 11.4. The lowest BCUT2D eigenvalue weighted by Crippen LogP contribution is -2.43. The summed E-state index contributed by atoms with van der Waals surface area (Å²) in [6.07, 6.45) is 0.633. The van der Waals surface area contributed by atoms with Crippen LogP contribution in [0.3, 0.4) is 0 Å². The van der Waals surface area contributed by atoms with Gasteiger partial charge >= 0.3 is 0 Å². The summed E-state index contributed by atoms with van der Waals surface area (Å²) in [5.41, 5.74) is -0.797. The third-order valence-corrected chi connectivity index (χ3v) is 2.36. The second kappa shape index (κ2) is 5.98. The number of aliphatic hydroxyl groups is 1. The van der Waals surface area contributed by atoms with Gasteiger partial charge in [-0.05, 0) is 20.4 Å². The van der Waals surface area contributed by atoms with E-state index in [-0.39, 0.29) is 11.8 Å². The Morgan fingerprint density at radius 3 is 2.57 bits per heavy atom. The van der Waals surface area contributed by atoms with E-state index in [1.165, 1.54) is 0 Å². The van der Waals surface area contributed by atoms with Gasteiger partial charge in [-0.25, -0.2) is 0 Å². The molecule has 0 saturated carbocycles. The molecule has 0 radical (unpaired) electrons. The zero-order valence-electron chi connectivity index (χ0n) is 9.55. The summed E-state index contributed by atoms with van der Waals surface area (Å²) in [6, 6.07) is 0.